The topological polar surface area (TPSA) is 65.4 Å². The Morgan fingerprint density at radius 2 is 1.93 bits per heavy atom. The summed E-state index contributed by atoms with van der Waals surface area (Å²) in [4.78, 5) is 12.8. The summed E-state index contributed by atoms with van der Waals surface area (Å²) in [6, 6.07) is 12.6. The molecule has 6 nitrogen and oxygen atoms in total. The Morgan fingerprint density at radius 3 is 2.59 bits per heavy atom. The summed E-state index contributed by atoms with van der Waals surface area (Å²) >= 11 is 6.08. The lowest BCUT2D eigenvalue weighted by Crippen LogP contribution is -2.14. The summed E-state index contributed by atoms with van der Waals surface area (Å²) in [5.41, 5.74) is 2.72. The van der Waals surface area contributed by atoms with E-state index < -0.39 is 0 Å². The second kappa shape index (κ2) is 8.14. The molecule has 3 aromatic rings. The zero-order valence-electron chi connectivity index (χ0n) is 15.3. The van der Waals surface area contributed by atoms with Crippen molar-refractivity contribution in [1.29, 1.82) is 0 Å². The highest BCUT2D eigenvalue weighted by Crippen LogP contribution is 2.30. The van der Waals surface area contributed by atoms with Crippen molar-refractivity contribution < 1.29 is 14.3 Å². The minimum absolute atomic E-state index is 0.243. The van der Waals surface area contributed by atoms with Crippen LogP contribution in [-0.4, -0.2) is 29.9 Å². The number of carbonyl (C=O) groups is 1. The van der Waals surface area contributed by atoms with Crippen LogP contribution in [0.2, 0.25) is 5.02 Å². The maximum absolute atomic E-state index is 12.8. The van der Waals surface area contributed by atoms with E-state index in [1.807, 2.05) is 25.1 Å². The van der Waals surface area contributed by atoms with Crippen molar-refractivity contribution in [2.24, 2.45) is 0 Å². The fraction of sp³-hybridized carbons (Fsp3) is 0.200. The molecule has 0 atom stereocenters. The van der Waals surface area contributed by atoms with Crippen LogP contribution in [0.15, 0.2) is 48.7 Å². The standard InChI is InChI=1S/C20H20ClN3O3/c1-4-17-16(12-22-24(17)15-7-5-6-13(21)10-15)20(25)23-14-8-9-18(26-2)19(11-14)27-3/h5-12H,4H2,1-3H3,(H,23,25). The number of benzene rings is 2. The number of methoxy groups -OCH3 is 2. The van der Waals surface area contributed by atoms with E-state index in [2.05, 4.69) is 10.4 Å². The van der Waals surface area contributed by atoms with Crippen molar-refractivity contribution in [3.8, 4) is 17.2 Å². The van der Waals surface area contributed by atoms with E-state index >= 15 is 0 Å². The molecule has 27 heavy (non-hydrogen) atoms. The lowest BCUT2D eigenvalue weighted by atomic mass is 10.1. The molecule has 7 heteroatoms. The van der Waals surface area contributed by atoms with Crippen LogP contribution in [0.25, 0.3) is 5.69 Å². The predicted molar refractivity (Wildman–Crippen MR) is 105 cm³/mol. The molecule has 3 rings (SSSR count). The first-order valence-electron chi connectivity index (χ1n) is 8.43. The first kappa shape index (κ1) is 18.8. The summed E-state index contributed by atoms with van der Waals surface area (Å²) in [7, 11) is 3.11. The molecule has 0 radical (unpaired) electrons. The molecule has 0 bridgehead atoms. The van der Waals surface area contributed by atoms with E-state index in [9.17, 15) is 4.79 Å². The molecule has 0 saturated carbocycles. The van der Waals surface area contributed by atoms with E-state index in [1.165, 1.54) is 0 Å². The highest BCUT2D eigenvalue weighted by Gasteiger charge is 2.18. The van der Waals surface area contributed by atoms with E-state index in [1.54, 1.807) is 49.4 Å². The van der Waals surface area contributed by atoms with E-state index in [0.29, 0.717) is 34.2 Å². The molecule has 0 fully saturated rings. The van der Waals surface area contributed by atoms with E-state index in [4.69, 9.17) is 21.1 Å². The highest BCUT2D eigenvalue weighted by molar-refractivity contribution is 6.30. The fourth-order valence-corrected chi connectivity index (χ4v) is 3.03. The van der Waals surface area contributed by atoms with Gasteiger partial charge in [-0.3, -0.25) is 4.79 Å². The van der Waals surface area contributed by atoms with Crippen LogP contribution in [-0.2, 0) is 6.42 Å². The lowest BCUT2D eigenvalue weighted by Gasteiger charge is -2.11. The molecule has 0 aliphatic rings. The van der Waals surface area contributed by atoms with Crippen LogP contribution < -0.4 is 14.8 Å². The average molecular weight is 386 g/mol. The van der Waals surface area contributed by atoms with Gasteiger partial charge in [0.25, 0.3) is 5.91 Å². The largest absolute Gasteiger partial charge is 0.493 e. The van der Waals surface area contributed by atoms with Gasteiger partial charge in [0.1, 0.15) is 0 Å². The zero-order valence-corrected chi connectivity index (χ0v) is 16.1. The summed E-state index contributed by atoms with van der Waals surface area (Å²) in [5, 5.41) is 7.87. The monoisotopic (exact) mass is 385 g/mol. The molecular weight excluding hydrogens is 366 g/mol. The highest BCUT2D eigenvalue weighted by atomic mass is 35.5. The normalized spacial score (nSPS) is 10.5. The number of carbonyl (C=O) groups excluding carboxylic acids is 1. The van der Waals surface area contributed by atoms with Crippen LogP contribution in [0.1, 0.15) is 23.0 Å². The fourth-order valence-electron chi connectivity index (χ4n) is 2.85. The predicted octanol–water partition coefficient (Wildman–Crippen LogP) is 4.36. The molecule has 2 aromatic carbocycles. The third-order valence-electron chi connectivity index (χ3n) is 4.14. The third-order valence-corrected chi connectivity index (χ3v) is 4.38. The molecule has 1 aromatic heterocycles. The molecule has 1 N–H and O–H groups in total. The van der Waals surface area contributed by atoms with Crippen molar-refractivity contribution in [1.82, 2.24) is 9.78 Å². The van der Waals surface area contributed by atoms with Crippen molar-refractivity contribution in [3.05, 3.63) is 64.9 Å². The van der Waals surface area contributed by atoms with Gasteiger partial charge in [0, 0.05) is 16.8 Å². The van der Waals surface area contributed by atoms with Crippen molar-refractivity contribution >= 4 is 23.2 Å². The Morgan fingerprint density at radius 1 is 1.15 bits per heavy atom. The van der Waals surface area contributed by atoms with Crippen LogP contribution in [0.4, 0.5) is 5.69 Å². The molecular formula is C20H20ClN3O3. The van der Waals surface area contributed by atoms with Crippen molar-refractivity contribution in [2.75, 3.05) is 19.5 Å². The number of hydrogen-bond acceptors (Lipinski definition) is 4. The van der Waals surface area contributed by atoms with Crippen molar-refractivity contribution in [3.63, 3.8) is 0 Å². The Kier molecular flexibility index (Phi) is 5.66. The Balaban J connectivity index is 1.89. The number of amides is 1. The van der Waals surface area contributed by atoms with Crippen LogP contribution in [0.3, 0.4) is 0 Å². The minimum Gasteiger partial charge on any atom is -0.493 e. The quantitative estimate of drug-likeness (QED) is 0.684. The Hall–Kier alpha value is -2.99. The first-order chi connectivity index (χ1) is 13.1. The number of hydrogen-bond donors (Lipinski definition) is 1. The number of nitrogens with zero attached hydrogens (tertiary/aromatic N) is 2. The molecule has 0 saturated heterocycles. The number of nitrogens with one attached hydrogen (secondary N) is 1. The van der Waals surface area contributed by atoms with Crippen molar-refractivity contribution in [2.45, 2.75) is 13.3 Å². The summed E-state index contributed by atoms with van der Waals surface area (Å²) in [6.07, 6.45) is 2.21. The Labute approximate surface area is 162 Å². The third kappa shape index (κ3) is 3.90. The van der Waals surface area contributed by atoms with Gasteiger partial charge >= 0.3 is 0 Å². The van der Waals surface area contributed by atoms with Gasteiger partial charge in [-0.15, -0.1) is 0 Å². The van der Waals surface area contributed by atoms with Gasteiger partial charge in [0.15, 0.2) is 11.5 Å². The summed E-state index contributed by atoms with van der Waals surface area (Å²) < 4.78 is 12.2. The van der Waals surface area contributed by atoms with Crippen LogP contribution >= 0.6 is 11.6 Å². The lowest BCUT2D eigenvalue weighted by molar-refractivity contribution is 0.102. The zero-order chi connectivity index (χ0) is 19.4. The van der Waals surface area contributed by atoms with Gasteiger partial charge < -0.3 is 14.8 Å². The van der Waals surface area contributed by atoms with Gasteiger partial charge in [0.05, 0.1) is 37.4 Å². The number of aromatic nitrogens is 2. The van der Waals surface area contributed by atoms with Crippen LogP contribution in [0.5, 0.6) is 11.5 Å². The Bertz CT molecular complexity index is 969. The SMILES string of the molecule is CCc1c(C(=O)Nc2ccc(OC)c(OC)c2)cnn1-c1cccc(Cl)c1. The maximum Gasteiger partial charge on any atom is 0.259 e. The van der Waals surface area contributed by atoms with Gasteiger partial charge in [0.2, 0.25) is 0 Å². The molecule has 140 valence electrons. The number of rotatable bonds is 6. The smallest absolute Gasteiger partial charge is 0.259 e. The molecule has 1 amide bonds. The number of ether oxygens (including phenoxy) is 2. The van der Waals surface area contributed by atoms with E-state index in [0.717, 1.165) is 11.4 Å². The molecule has 1 heterocycles. The maximum atomic E-state index is 12.8. The average Bonchev–Trinajstić information content (AvgIpc) is 3.12. The second-order valence-corrected chi connectivity index (χ2v) is 6.21. The molecule has 0 unspecified atom stereocenters. The number of halogens is 1. The summed E-state index contributed by atoms with van der Waals surface area (Å²) in [5.74, 6) is 0.895. The second-order valence-electron chi connectivity index (χ2n) is 5.77. The first-order valence-corrected chi connectivity index (χ1v) is 8.81. The van der Waals surface area contributed by atoms with Gasteiger partial charge in [-0.1, -0.05) is 24.6 Å². The molecule has 0 spiro atoms. The minimum atomic E-state index is -0.243. The number of anilines is 1. The summed E-state index contributed by atoms with van der Waals surface area (Å²) in [6.45, 7) is 1.98. The van der Waals surface area contributed by atoms with Gasteiger partial charge in [-0.2, -0.15) is 5.10 Å². The molecule has 0 aliphatic carbocycles. The molecule has 0 aliphatic heterocycles. The van der Waals surface area contributed by atoms with Gasteiger partial charge in [-0.25, -0.2) is 4.68 Å². The van der Waals surface area contributed by atoms with E-state index in [-0.39, 0.29) is 5.91 Å². The van der Waals surface area contributed by atoms with Crippen LogP contribution in [0, 0.1) is 0 Å². The van der Waals surface area contributed by atoms with Gasteiger partial charge in [-0.05, 0) is 36.8 Å².